The van der Waals surface area contributed by atoms with Gasteiger partial charge in [0.15, 0.2) is 0 Å². The van der Waals surface area contributed by atoms with Crippen LogP contribution in [0, 0.1) is 6.92 Å². The predicted molar refractivity (Wildman–Crippen MR) is 82.8 cm³/mol. The minimum absolute atomic E-state index is 0.0776. The van der Waals surface area contributed by atoms with Crippen molar-refractivity contribution in [3.63, 3.8) is 0 Å². The molecule has 7 nitrogen and oxygen atoms in total. The number of nitrogen functional groups attached to an aromatic ring is 1. The Bertz CT molecular complexity index is 725. The van der Waals surface area contributed by atoms with Gasteiger partial charge in [0.1, 0.15) is 0 Å². The quantitative estimate of drug-likeness (QED) is 0.641. The highest BCUT2D eigenvalue weighted by Crippen LogP contribution is 2.17. The number of nitrogens with two attached hydrogens (primary N) is 1. The van der Waals surface area contributed by atoms with Gasteiger partial charge < -0.3 is 5.73 Å². The van der Waals surface area contributed by atoms with Gasteiger partial charge in [0.05, 0.1) is 11.2 Å². The maximum absolute atomic E-state index is 12.2. The minimum atomic E-state index is -3.73. The molecule has 120 valence electrons. The lowest BCUT2D eigenvalue weighted by molar-refractivity contribution is 0.446. The zero-order valence-corrected chi connectivity index (χ0v) is 14.1. The standard InChI is InChI=1S/C12H21N3O4S2/c1-9-7-10(5-6-11(9)13)21(18,19)14-8-12(2,3)15-20(4,16)17/h5-7,14-15H,8,13H2,1-4H3. The second kappa shape index (κ2) is 5.91. The average Bonchev–Trinajstić information content (AvgIpc) is 2.27. The van der Waals surface area contributed by atoms with Crippen LogP contribution in [0.25, 0.3) is 0 Å². The van der Waals surface area contributed by atoms with E-state index in [-0.39, 0.29) is 11.4 Å². The summed E-state index contributed by atoms with van der Waals surface area (Å²) in [5, 5.41) is 0. The Labute approximate surface area is 126 Å². The number of sulfonamides is 2. The smallest absolute Gasteiger partial charge is 0.240 e. The Kier molecular flexibility index (Phi) is 5.04. The van der Waals surface area contributed by atoms with E-state index in [4.69, 9.17) is 5.73 Å². The van der Waals surface area contributed by atoms with E-state index in [2.05, 4.69) is 9.44 Å². The molecule has 0 aliphatic carbocycles. The number of anilines is 1. The third-order valence-corrected chi connectivity index (χ3v) is 5.04. The Hall–Kier alpha value is -1.16. The van der Waals surface area contributed by atoms with Gasteiger partial charge in [-0.2, -0.15) is 0 Å². The van der Waals surface area contributed by atoms with Gasteiger partial charge in [0.2, 0.25) is 20.0 Å². The second-order valence-corrected chi connectivity index (χ2v) is 9.12. The monoisotopic (exact) mass is 335 g/mol. The zero-order valence-electron chi connectivity index (χ0n) is 12.5. The van der Waals surface area contributed by atoms with Crippen molar-refractivity contribution in [2.24, 2.45) is 0 Å². The zero-order chi connectivity index (χ0) is 16.5. The topological polar surface area (TPSA) is 118 Å². The Morgan fingerprint density at radius 2 is 1.76 bits per heavy atom. The Balaban J connectivity index is 2.89. The number of aryl methyl sites for hydroxylation is 1. The van der Waals surface area contributed by atoms with Gasteiger partial charge >= 0.3 is 0 Å². The number of rotatable bonds is 6. The van der Waals surface area contributed by atoms with Crippen molar-refractivity contribution >= 4 is 25.7 Å². The lowest BCUT2D eigenvalue weighted by Gasteiger charge is -2.25. The van der Waals surface area contributed by atoms with E-state index in [0.717, 1.165) is 6.26 Å². The van der Waals surface area contributed by atoms with E-state index in [0.29, 0.717) is 11.3 Å². The van der Waals surface area contributed by atoms with Crippen molar-refractivity contribution in [3.8, 4) is 0 Å². The Morgan fingerprint density at radius 3 is 2.24 bits per heavy atom. The van der Waals surface area contributed by atoms with Gasteiger partial charge in [-0.3, -0.25) is 0 Å². The van der Waals surface area contributed by atoms with E-state index in [1.807, 2.05) is 0 Å². The molecule has 1 aromatic carbocycles. The predicted octanol–water partition coefficient (Wildman–Crippen LogP) is 0.183. The van der Waals surface area contributed by atoms with E-state index in [1.54, 1.807) is 20.8 Å². The fourth-order valence-electron chi connectivity index (χ4n) is 1.71. The van der Waals surface area contributed by atoms with Crippen molar-refractivity contribution in [3.05, 3.63) is 23.8 Å². The summed E-state index contributed by atoms with van der Waals surface area (Å²) in [4.78, 5) is 0.0874. The molecule has 0 aliphatic heterocycles. The van der Waals surface area contributed by atoms with Crippen LogP contribution in [-0.4, -0.2) is 35.2 Å². The first-order valence-corrected chi connectivity index (χ1v) is 9.55. The molecule has 0 spiro atoms. The molecule has 0 unspecified atom stereocenters. The number of benzene rings is 1. The SMILES string of the molecule is Cc1cc(S(=O)(=O)NCC(C)(C)NS(C)(=O)=O)ccc1N. The molecule has 21 heavy (non-hydrogen) atoms. The summed E-state index contributed by atoms with van der Waals surface area (Å²) < 4.78 is 51.6. The van der Waals surface area contributed by atoms with Gasteiger partial charge in [-0.05, 0) is 44.5 Å². The van der Waals surface area contributed by atoms with Crippen LogP contribution < -0.4 is 15.2 Å². The van der Waals surface area contributed by atoms with Crippen LogP contribution >= 0.6 is 0 Å². The van der Waals surface area contributed by atoms with Gasteiger partial charge in [-0.1, -0.05) is 0 Å². The number of hydrogen-bond acceptors (Lipinski definition) is 5. The lowest BCUT2D eigenvalue weighted by atomic mass is 10.1. The van der Waals surface area contributed by atoms with Crippen LogP contribution in [0.3, 0.4) is 0 Å². The summed E-state index contributed by atoms with van der Waals surface area (Å²) in [5.41, 5.74) is 5.88. The van der Waals surface area contributed by atoms with Crippen molar-refractivity contribution in [2.45, 2.75) is 31.2 Å². The molecule has 0 radical (unpaired) electrons. The van der Waals surface area contributed by atoms with Crippen LogP contribution in [0.1, 0.15) is 19.4 Å². The van der Waals surface area contributed by atoms with Crippen molar-refractivity contribution in [1.82, 2.24) is 9.44 Å². The van der Waals surface area contributed by atoms with E-state index in [1.165, 1.54) is 18.2 Å². The first-order chi connectivity index (χ1) is 9.32. The maximum atomic E-state index is 12.2. The van der Waals surface area contributed by atoms with Crippen LogP contribution in [0.4, 0.5) is 5.69 Å². The number of hydrogen-bond donors (Lipinski definition) is 3. The molecule has 0 aliphatic rings. The first kappa shape index (κ1) is 17.9. The molecule has 0 heterocycles. The van der Waals surface area contributed by atoms with Crippen LogP contribution in [0.2, 0.25) is 0 Å². The fraction of sp³-hybridized carbons (Fsp3) is 0.500. The summed E-state index contributed by atoms with van der Waals surface area (Å²) >= 11 is 0. The molecular formula is C12H21N3O4S2. The molecule has 0 aromatic heterocycles. The molecular weight excluding hydrogens is 314 g/mol. The summed E-state index contributed by atoms with van der Waals surface area (Å²) in [7, 11) is -7.16. The molecule has 1 rings (SSSR count). The average molecular weight is 335 g/mol. The molecule has 0 bridgehead atoms. The molecule has 1 aromatic rings. The molecule has 0 saturated carbocycles. The largest absolute Gasteiger partial charge is 0.399 e. The van der Waals surface area contributed by atoms with Crippen molar-refractivity contribution in [2.75, 3.05) is 18.5 Å². The maximum Gasteiger partial charge on any atom is 0.240 e. The number of nitrogens with one attached hydrogen (secondary N) is 2. The molecule has 9 heteroatoms. The van der Waals surface area contributed by atoms with Crippen molar-refractivity contribution in [1.29, 1.82) is 0 Å². The van der Waals surface area contributed by atoms with Gasteiger partial charge in [-0.15, -0.1) is 0 Å². The lowest BCUT2D eigenvalue weighted by Crippen LogP contribution is -2.50. The van der Waals surface area contributed by atoms with E-state index < -0.39 is 25.6 Å². The molecule has 0 amide bonds. The Morgan fingerprint density at radius 1 is 1.19 bits per heavy atom. The normalized spacial score (nSPS) is 13.3. The van der Waals surface area contributed by atoms with E-state index >= 15 is 0 Å². The highest BCUT2D eigenvalue weighted by atomic mass is 32.2. The van der Waals surface area contributed by atoms with Gasteiger partial charge in [0.25, 0.3) is 0 Å². The van der Waals surface area contributed by atoms with Gasteiger partial charge in [0, 0.05) is 17.8 Å². The van der Waals surface area contributed by atoms with Crippen LogP contribution in [0.5, 0.6) is 0 Å². The molecule has 0 fully saturated rings. The highest BCUT2D eigenvalue weighted by molar-refractivity contribution is 7.89. The molecule has 0 atom stereocenters. The highest BCUT2D eigenvalue weighted by Gasteiger charge is 2.25. The summed E-state index contributed by atoms with van der Waals surface area (Å²) in [6.45, 7) is 4.81. The third-order valence-electron chi connectivity index (χ3n) is 2.72. The van der Waals surface area contributed by atoms with Crippen LogP contribution in [-0.2, 0) is 20.0 Å². The van der Waals surface area contributed by atoms with Gasteiger partial charge in [-0.25, -0.2) is 26.3 Å². The van der Waals surface area contributed by atoms with E-state index in [9.17, 15) is 16.8 Å². The summed E-state index contributed by atoms with van der Waals surface area (Å²) in [6, 6.07) is 4.39. The minimum Gasteiger partial charge on any atom is -0.399 e. The fourth-order valence-corrected chi connectivity index (χ4v) is 4.08. The second-order valence-electron chi connectivity index (χ2n) is 5.60. The summed E-state index contributed by atoms with van der Waals surface area (Å²) in [5.74, 6) is 0. The first-order valence-electron chi connectivity index (χ1n) is 6.17. The summed E-state index contributed by atoms with van der Waals surface area (Å²) in [6.07, 6.45) is 1.02. The molecule has 0 saturated heterocycles. The van der Waals surface area contributed by atoms with Crippen molar-refractivity contribution < 1.29 is 16.8 Å². The van der Waals surface area contributed by atoms with Crippen LogP contribution in [0.15, 0.2) is 23.1 Å². The third kappa shape index (κ3) is 5.62. The molecule has 4 N–H and O–H groups in total.